The second-order valence-corrected chi connectivity index (χ2v) is 10.2. The quantitative estimate of drug-likeness (QED) is 0.274. The molecule has 184 valence electrons. The Labute approximate surface area is 219 Å². The van der Waals surface area contributed by atoms with Gasteiger partial charge in [0.15, 0.2) is 0 Å². The SMILES string of the molecule is O=C(CN1C(=O)S/C(=C/c2c3ccccc3cc3ccccc23)C1=O)N1CCN(c2ccccc2)CC1. The molecule has 0 unspecified atom stereocenters. The van der Waals surface area contributed by atoms with Crippen molar-refractivity contribution in [1.29, 1.82) is 0 Å². The summed E-state index contributed by atoms with van der Waals surface area (Å²) < 4.78 is 0. The fourth-order valence-electron chi connectivity index (χ4n) is 5.06. The molecule has 2 heterocycles. The van der Waals surface area contributed by atoms with Crippen LogP contribution in [0.25, 0.3) is 27.6 Å². The predicted molar refractivity (Wildman–Crippen MR) is 149 cm³/mol. The van der Waals surface area contributed by atoms with Gasteiger partial charge in [-0.05, 0) is 63.1 Å². The Kier molecular flexibility index (Phi) is 6.14. The maximum atomic E-state index is 13.3. The first-order valence-electron chi connectivity index (χ1n) is 12.3. The number of rotatable bonds is 4. The van der Waals surface area contributed by atoms with Crippen LogP contribution in [0.3, 0.4) is 0 Å². The van der Waals surface area contributed by atoms with Crippen molar-refractivity contribution in [2.45, 2.75) is 0 Å². The maximum absolute atomic E-state index is 13.3. The van der Waals surface area contributed by atoms with Crippen molar-refractivity contribution >= 4 is 62.1 Å². The third kappa shape index (κ3) is 4.47. The molecule has 2 saturated heterocycles. The number of piperazine rings is 1. The second kappa shape index (κ2) is 9.75. The Balaban J connectivity index is 1.21. The van der Waals surface area contributed by atoms with Crippen LogP contribution in [0.5, 0.6) is 0 Å². The molecule has 4 aromatic carbocycles. The molecule has 0 saturated carbocycles. The minimum absolute atomic E-state index is 0.202. The number of para-hydroxylation sites is 1. The van der Waals surface area contributed by atoms with Gasteiger partial charge in [-0.25, -0.2) is 0 Å². The molecule has 2 fully saturated rings. The number of hydrogen-bond acceptors (Lipinski definition) is 5. The monoisotopic (exact) mass is 507 g/mol. The van der Waals surface area contributed by atoms with E-state index < -0.39 is 11.1 Å². The van der Waals surface area contributed by atoms with Gasteiger partial charge in [-0.3, -0.25) is 19.3 Å². The van der Waals surface area contributed by atoms with Gasteiger partial charge in [0.25, 0.3) is 11.1 Å². The number of fused-ring (bicyclic) bond motifs is 2. The summed E-state index contributed by atoms with van der Waals surface area (Å²) in [5.41, 5.74) is 2.04. The minimum Gasteiger partial charge on any atom is -0.368 e. The summed E-state index contributed by atoms with van der Waals surface area (Å²) in [6, 6.07) is 28.3. The Morgan fingerprint density at radius 3 is 2.03 bits per heavy atom. The molecule has 4 aromatic rings. The summed E-state index contributed by atoms with van der Waals surface area (Å²) >= 11 is 0.900. The first-order valence-corrected chi connectivity index (χ1v) is 13.1. The van der Waals surface area contributed by atoms with Gasteiger partial charge in [0.1, 0.15) is 6.54 Å². The fraction of sp³-hybridized carbons (Fsp3) is 0.167. The van der Waals surface area contributed by atoms with E-state index in [2.05, 4.69) is 23.1 Å². The van der Waals surface area contributed by atoms with Crippen molar-refractivity contribution in [2.24, 2.45) is 0 Å². The number of thioether (sulfide) groups is 1. The van der Waals surface area contributed by atoms with Crippen LogP contribution in [-0.4, -0.2) is 59.6 Å². The minimum atomic E-state index is -0.414. The Morgan fingerprint density at radius 1 is 0.784 bits per heavy atom. The van der Waals surface area contributed by atoms with Crippen LogP contribution in [0, 0.1) is 0 Å². The van der Waals surface area contributed by atoms with Crippen LogP contribution in [0.15, 0.2) is 89.8 Å². The molecule has 6 rings (SSSR count). The normalized spacial score (nSPS) is 17.4. The first-order chi connectivity index (χ1) is 18.1. The van der Waals surface area contributed by atoms with Gasteiger partial charge >= 0.3 is 0 Å². The summed E-state index contributed by atoms with van der Waals surface area (Å²) in [4.78, 5) is 44.5. The van der Waals surface area contributed by atoms with Gasteiger partial charge in [-0.2, -0.15) is 0 Å². The van der Waals surface area contributed by atoms with E-state index in [1.54, 1.807) is 11.0 Å². The molecule has 0 aromatic heterocycles. The third-order valence-electron chi connectivity index (χ3n) is 7.01. The molecule has 0 radical (unpaired) electrons. The van der Waals surface area contributed by atoms with E-state index in [1.165, 1.54) is 0 Å². The third-order valence-corrected chi connectivity index (χ3v) is 7.92. The standard InChI is InChI=1S/C30H25N3O3S/c34-28(32-16-14-31(15-17-32)23-10-2-1-3-11-23)20-33-29(35)27(37-30(33)36)19-26-24-12-6-4-8-21(24)18-22-9-5-7-13-25(22)26/h1-13,18-19H,14-17,20H2/b27-19+. The van der Waals surface area contributed by atoms with E-state index in [4.69, 9.17) is 0 Å². The molecule has 0 spiro atoms. The van der Waals surface area contributed by atoms with Crippen LogP contribution in [-0.2, 0) is 9.59 Å². The van der Waals surface area contributed by atoms with Crippen LogP contribution >= 0.6 is 11.8 Å². The van der Waals surface area contributed by atoms with E-state index in [0.29, 0.717) is 31.1 Å². The Morgan fingerprint density at radius 2 is 1.38 bits per heavy atom. The van der Waals surface area contributed by atoms with Crippen LogP contribution in [0.2, 0.25) is 0 Å². The number of carbonyl (C=O) groups excluding carboxylic acids is 3. The Hall–Kier alpha value is -4.10. The summed E-state index contributed by atoms with van der Waals surface area (Å²) in [6.45, 7) is 2.31. The number of imide groups is 1. The number of anilines is 1. The molecule has 3 amide bonds. The van der Waals surface area contributed by atoms with E-state index in [1.807, 2.05) is 66.7 Å². The van der Waals surface area contributed by atoms with Crippen molar-refractivity contribution < 1.29 is 14.4 Å². The van der Waals surface area contributed by atoms with E-state index >= 15 is 0 Å². The van der Waals surface area contributed by atoms with Gasteiger partial charge in [-0.15, -0.1) is 0 Å². The molecule has 6 nitrogen and oxygen atoms in total. The average molecular weight is 508 g/mol. The zero-order valence-corrected chi connectivity index (χ0v) is 21.0. The molecule has 0 N–H and O–H groups in total. The molecule has 2 aliphatic rings. The zero-order chi connectivity index (χ0) is 25.4. The van der Waals surface area contributed by atoms with Gasteiger partial charge < -0.3 is 9.80 Å². The van der Waals surface area contributed by atoms with Crippen LogP contribution < -0.4 is 4.90 Å². The predicted octanol–water partition coefficient (Wildman–Crippen LogP) is 5.38. The maximum Gasteiger partial charge on any atom is 0.294 e. The lowest BCUT2D eigenvalue weighted by atomic mass is 9.96. The summed E-state index contributed by atoms with van der Waals surface area (Å²) in [6.07, 6.45) is 1.80. The number of carbonyl (C=O) groups is 3. The first kappa shape index (κ1) is 23.3. The molecule has 0 aliphatic carbocycles. The zero-order valence-electron chi connectivity index (χ0n) is 20.2. The molecule has 37 heavy (non-hydrogen) atoms. The van der Waals surface area contributed by atoms with Gasteiger partial charge in [0, 0.05) is 31.9 Å². The number of nitrogens with zero attached hydrogens (tertiary/aromatic N) is 3. The Bertz CT molecular complexity index is 1500. The molecule has 0 atom stereocenters. The van der Waals surface area contributed by atoms with Crippen molar-refractivity contribution in [1.82, 2.24) is 9.80 Å². The lowest BCUT2D eigenvalue weighted by molar-refractivity contribution is -0.136. The van der Waals surface area contributed by atoms with Crippen molar-refractivity contribution in [3.63, 3.8) is 0 Å². The highest BCUT2D eigenvalue weighted by Crippen LogP contribution is 2.36. The summed E-state index contributed by atoms with van der Waals surface area (Å²) in [5.74, 6) is -0.616. The molecule has 2 aliphatic heterocycles. The molecule has 0 bridgehead atoms. The highest BCUT2D eigenvalue weighted by atomic mass is 32.2. The van der Waals surface area contributed by atoms with Crippen LogP contribution in [0.1, 0.15) is 5.56 Å². The van der Waals surface area contributed by atoms with Crippen LogP contribution in [0.4, 0.5) is 10.5 Å². The van der Waals surface area contributed by atoms with E-state index in [-0.39, 0.29) is 12.5 Å². The van der Waals surface area contributed by atoms with Crippen molar-refractivity contribution in [3.8, 4) is 0 Å². The smallest absolute Gasteiger partial charge is 0.294 e. The number of benzene rings is 4. The lowest BCUT2D eigenvalue weighted by Gasteiger charge is -2.36. The highest BCUT2D eigenvalue weighted by molar-refractivity contribution is 8.18. The van der Waals surface area contributed by atoms with E-state index in [0.717, 1.165) is 49.5 Å². The second-order valence-electron chi connectivity index (χ2n) is 9.20. The summed E-state index contributed by atoms with van der Waals surface area (Å²) in [5, 5.41) is 3.76. The fourth-order valence-corrected chi connectivity index (χ4v) is 5.88. The van der Waals surface area contributed by atoms with Crippen molar-refractivity contribution in [3.05, 3.63) is 95.4 Å². The molecular formula is C30H25N3O3S. The van der Waals surface area contributed by atoms with E-state index in [9.17, 15) is 14.4 Å². The topological polar surface area (TPSA) is 60.9 Å². The number of hydrogen-bond donors (Lipinski definition) is 0. The molecule has 7 heteroatoms. The summed E-state index contributed by atoms with van der Waals surface area (Å²) in [7, 11) is 0. The van der Waals surface area contributed by atoms with Gasteiger partial charge in [0.05, 0.1) is 4.91 Å². The van der Waals surface area contributed by atoms with Gasteiger partial charge in [-0.1, -0.05) is 66.7 Å². The van der Waals surface area contributed by atoms with Crippen molar-refractivity contribution in [2.75, 3.05) is 37.6 Å². The van der Waals surface area contributed by atoms with Gasteiger partial charge in [0.2, 0.25) is 5.91 Å². The largest absolute Gasteiger partial charge is 0.368 e. The highest BCUT2D eigenvalue weighted by Gasteiger charge is 2.37. The number of amides is 3. The lowest BCUT2D eigenvalue weighted by Crippen LogP contribution is -2.51. The molecular weight excluding hydrogens is 482 g/mol. The average Bonchev–Trinajstić information content (AvgIpc) is 3.20.